The Balaban J connectivity index is 2.55. The van der Waals surface area contributed by atoms with E-state index in [2.05, 4.69) is 13.8 Å². The van der Waals surface area contributed by atoms with Gasteiger partial charge in [-0.05, 0) is 38.0 Å². The van der Waals surface area contributed by atoms with Crippen LogP contribution < -0.4 is 0 Å². The molecule has 1 fully saturated rings. The van der Waals surface area contributed by atoms with Gasteiger partial charge in [0.15, 0.2) is 0 Å². The van der Waals surface area contributed by atoms with Crippen LogP contribution >= 0.6 is 0 Å². The molecule has 1 N–H and O–H groups in total. The Bertz CT molecular complexity index is 179. The summed E-state index contributed by atoms with van der Waals surface area (Å²) in [6.07, 6.45) is 5.38. The number of aliphatic hydroxyl groups excluding tert-OH is 1. The summed E-state index contributed by atoms with van der Waals surface area (Å²) in [4.78, 5) is 0. The minimum Gasteiger partial charge on any atom is -0.390 e. The number of hydrogen-bond acceptors (Lipinski definition) is 2. The Morgan fingerprint density at radius 1 is 1.33 bits per heavy atom. The average molecular weight is 214 g/mol. The summed E-state index contributed by atoms with van der Waals surface area (Å²) in [5.74, 6) is 1.27. The van der Waals surface area contributed by atoms with E-state index in [0.717, 1.165) is 25.2 Å². The maximum Gasteiger partial charge on any atom is 0.0908 e. The van der Waals surface area contributed by atoms with Crippen LogP contribution in [-0.4, -0.2) is 23.9 Å². The Hall–Kier alpha value is -0.0800. The highest BCUT2D eigenvalue weighted by molar-refractivity contribution is 4.89. The van der Waals surface area contributed by atoms with Gasteiger partial charge in [-0.2, -0.15) is 0 Å². The van der Waals surface area contributed by atoms with Crippen molar-refractivity contribution in [3.63, 3.8) is 0 Å². The fourth-order valence-corrected chi connectivity index (χ4v) is 2.57. The molecule has 2 nitrogen and oxygen atoms in total. The zero-order chi connectivity index (χ0) is 11.5. The van der Waals surface area contributed by atoms with Crippen molar-refractivity contribution in [3.8, 4) is 0 Å². The van der Waals surface area contributed by atoms with Crippen LogP contribution in [-0.2, 0) is 4.74 Å². The molecule has 0 spiro atoms. The number of rotatable bonds is 4. The molecule has 1 aliphatic rings. The van der Waals surface area contributed by atoms with Crippen molar-refractivity contribution in [2.45, 2.75) is 64.6 Å². The van der Waals surface area contributed by atoms with Crippen molar-refractivity contribution in [1.82, 2.24) is 0 Å². The van der Waals surface area contributed by atoms with Crippen molar-refractivity contribution < 1.29 is 9.84 Å². The minimum atomic E-state index is -0.356. The van der Waals surface area contributed by atoms with Crippen molar-refractivity contribution in [2.24, 2.45) is 11.8 Å². The molecule has 15 heavy (non-hydrogen) atoms. The van der Waals surface area contributed by atoms with Gasteiger partial charge >= 0.3 is 0 Å². The molecule has 1 aliphatic carbocycles. The van der Waals surface area contributed by atoms with Gasteiger partial charge in [-0.15, -0.1) is 0 Å². The van der Waals surface area contributed by atoms with Crippen molar-refractivity contribution in [3.05, 3.63) is 0 Å². The van der Waals surface area contributed by atoms with Crippen LogP contribution in [0.3, 0.4) is 0 Å². The SMILES string of the molecule is CCC(C)(OC)C(O)C1CCC(C)CC1. The first-order chi connectivity index (χ1) is 7.03. The second-order valence-corrected chi connectivity index (χ2v) is 5.34. The Morgan fingerprint density at radius 2 is 1.87 bits per heavy atom. The molecule has 0 aromatic carbocycles. The van der Waals surface area contributed by atoms with Gasteiger partial charge < -0.3 is 9.84 Å². The largest absolute Gasteiger partial charge is 0.390 e. The molecule has 1 rings (SSSR count). The zero-order valence-corrected chi connectivity index (χ0v) is 10.6. The van der Waals surface area contributed by atoms with E-state index in [9.17, 15) is 5.11 Å². The van der Waals surface area contributed by atoms with Gasteiger partial charge in [0, 0.05) is 7.11 Å². The molecule has 2 heteroatoms. The van der Waals surface area contributed by atoms with E-state index in [1.165, 1.54) is 12.8 Å². The summed E-state index contributed by atoms with van der Waals surface area (Å²) in [6.45, 7) is 6.41. The Morgan fingerprint density at radius 3 is 2.27 bits per heavy atom. The molecule has 0 aromatic heterocycles. The summed E-state index contributed by atoms with van der Waals surface area (Å²) in [6, 6.07) is 0. The van der Waals surface area contributed by atoms with Gasteiger partial charge in [0.05, 0.1) is 11.7 Å². The van der Waals surface area contributed by atoms with Crippen molar-refractivity contribution >= 4 is 0 Å². The molecule has 0 bridgehead atoms. The Labute approximate surface area is 94.0 Å². The topological polar surface area (TPSA) is 29.5 Å². The van der Waals surface area contributed by atoms with Crippen molar-refractivity contribution in [2.75, 3.05) is 7.11 Å². The van der Waals surface area contributed by atoms with Crippen LogP contribution in [0.2, 0.25) is 0 Å². The molecule has 1 saturated carbocycles. The highest BCUT2D eigenvalue weighted by atomic mass is 16.5. The smallest absolute Gasteiger partial charge is 0.0908 e. The fraction of sp³-hybridized carbons (Fsp3) is 1.00. The summed E-state index contributed by atoms with van der Waals surface area (Å²) < 4.78 is 5.48. The minimum absolute atomic E-state index is 0.306. The highest BCUT2D eigenvalue weighted by Gasteiger charge is 2.37. The van der Waals surface area contributed by atoms with E-state index in [0.29, 0.717) is 5.92 Å². The monoisotopic (exact) mass is 214 g/mol. The van der Waals surface area contributed by atoms with Gasteiger partial charge in [-0.3, -0.25) is 0 Å². The van der Waals surface area contributed by atoms with Crippen molar-refractivity contribution in [1.29, 1.82) is 0 Å². The number of methoxy groups -OCH3 is 1. The van der Waals surface area contributed by atoms with Gasteiger partial charge in [-0.1, -0.05) is 26.7 Å². The lowest BCUT2D eigenvalue weighted by molar-refractivity contribution is -0.121. The van der Waals surface area contributed by atoms with Gasteiger partial charge in [0.2, 0.25) is 0 Å². The molecule has 0 amide bonds. The Kier molecular flexibility index (Phi) is 4.60. The molecule has 0 saturated heterocycles. The molecule has 90 valence electrons. The van der Waals surface area contributed by atoms with E-state index in [1.807, 2.05) is 6.92 Å². The molecule has 0 heterocycles. The third-order valence-electron chi connectivity index (χ3n) is 4.30. The molecule has 2 atom stereocenters. The van der Waals surface area contributed by atoms with Gasteiger partial charge in [0.1, 0.15) is 0 Å². The number of ether oxygens (including phenoxy) is 1. The molecular weight excluding hydrogens is 188 g/mol. The fourth-order valence-electron chi connectivity index (χ4n) is 2.57. The van der Waals surface area contributed by atoms with Gasteiger partial charge in [-0.25, -0.2) is 0 Å². The molecule has 0 radical (unpaired) electrons. The van der Waals surface area contributed by atoms with Crippen LogP contribution in [0.25, 0.3) is 0 Å². The van der Waals surface area contributed by atoms with Crippen LogP contribution in [0.5, 0.6) is 0 Å². The predicted molar refractivity (Wildman–Crippen MR) is 62.8 cm³/mol. The van der Waals surface area contributed by atoms with Crippen LogP contribution in [0, 0.1) is 11.8 Å². The first kappa shape index (κ1) is 13.0. The summed E-state index contributed by atoms with van der Waals surface area (Å²) in [5.41, 5.74) is -0.356. The number of hydrogen-bond donors (Lipinski definition) is 1. The van der Waals surface area contributed by atoms with Crippen LogP contribution in [0.4, 0.5) is 0 Å². The van der Waals surface area contributed by atoms with Gasteiger partial charge in [0.25, 0.3) is 0 Å². The first-order valence-corrected chi connectivity index (χ1v) is 6.26. The third-order valence-corrected chi connectivity index (χ3v) is 4.30. The lowest BCUT2D eigenvalue weighted by Gasteiger charge is -2.39. The number of aliphatic hydroxyl groups is 1. The third kappa shape index (κ3) is 2.94. The van der Waals surface area contributed by atoms with E-state index < -0.39 is 0 Å². The lowest BCUT2D eigenvalue weighted by atomic mass is 9.75. The van der Waals surface area contributed by atoms with E-state index >= 15 is 0 Å². The van der Waals surface area contributed by atoms with E-state index in [-0.39, 0.29) is 11.7 Å². The second kappa shape index (κ2) is 5.31. The normalized spacial score (nSPS) is 33.4. The summed E-state index contributed by atoms with van der Waals surface area (Å²) in [5, 5.41) is 10.4. The zero-order valence-electron chi connectivity index (χ0n) is 10.6. The second-order valence-electron chi connectivity index (χ2n) is 5.34. The first-order valence-electron chi connectivity index (χ1n) is 6.26. The molecule has 2 unspecified atom stereocenters. The molecular formula is C13H26O2. The van der Waals surface area contributed by atoms with Crippen LogP contribution in [0.15, 0.2) is 0 Å². The highest BCUT2D eigenvalue weighted by Crippen LogP contribution is 2.35. The average Bonchev–Trinajstić information content (AvgIpc) is 2.28. The molecule has 0 aliphatic heterocycles. The predicted octanol–water partition coefficient (Wildman–Crippen LogP) is 2.99. The summed E-state index contributed by atoms with van der Waals surface area (Å²) >= 11 is 0. The standard InChI is InChI=1S/C13H26O2/c1-5-13(3,15-4)12(14)11-8-6-10(2)7-9-11/h10-12,14H,5-9H2,1-4H3. The van der Waals surface area contributed by atoms with E-state index in [1.54, 1.807) is 7.11 Å². The quantitative estimate of drug-likeness (QED) is 0.779. The molecule has 0 aromatic rings. The summed E-state index contributed by atoms with van der Waals surface area (Å²) in [7, 11) is 1.71. The van der Waals surface area contributed by atoms with Crippen LogP contribution in [0.1, 0.15) is 52.9 Å². The maximum atomic E-state index is 10.4. The maximum absolute atomic E-state index is 10.4. The van der Waals surface area contributed by atoms with E-state index in [4.69, 9.17) is 4.74 Å². The lowest BCUT2D eigenvalue weighted by Crippen LogP contribution is -2.46.